The standard InChI is InChI=1S/C6H4F2N/c7-6(8)5-2-1-3-9-4-5/h1-2,4,6H. The second kappa shape index (κ2) is 2.53. The molecule has 0 fully saturated rings. The van der Waals surface area contributed by atoms with Crippen LogP contribution in [0.4, 0.5) is 8.78 Å². The van der Waals surface area contributed by atoms with Crippen molar-refractivity contribution >= 4 is 0 Å². The lowest BCUT2D eigenvalue weighted by Gasteiger charge is -1.93. The third-order valence-electron chi connectivity index (χ3n) is 0.890. The van der Waals surface area contributed by atoms with Crippen LogP contribution in [0, 0.1) is 6.20 Å². The summed E-state index contributed by atoms with van der Waals surface area (Å²) in [5.41, 5.74) is -0.0613. The minimum absolute atomic E-state index is 0.0613. The number of hydrogen-bond donors (Lipinski definition) is 0. The molecular formula is C6H4F2N. The van der Waals surface area contributed by atoms with Gasteiger partial charge in [-0.15, -0.1) is 0 Å². The lowest BCUT2D eigenvalue weighted by Crippen LogP contribution is -1.82. The lowest BCUT2D eigenvalue weighted by molar-refractivity contribution is 0.151. The molecular weight excluding hydrogens is 124 g/mol. The molecule has 0 bridgehead atoms. The molecule has 0 amide bonds. The Bertz CT molecular complexity index is 174. The fourth-order valence-electron chi connectivity index (χ4n) is 0.460. The van der Waals surface area contributed by atoms with E-state index >= 15 is 0 Å². The van der Waals surface area contributed by atoms with E-state index in [-0.39, 0.29) is 5.56 Å². The second-order valence-corrected chi connectivity index (χ2v) is 1.52. The molecule has 0 spiro atoms. The molecule has 0 aliphatic carbocycles. The molecule has 1 radical (unpaired) electrons. The van der Waals surface area contributed by atoms with E-state index in [1.54, 1.807) is 0 Å². The van der Waals surface area contributed by atoms with Crippen LogP contribution in [0.25, 0.3) is 0 Å². The molecule has 0 atom stereocenters. The minimum Gasteiger partial charge on any atom is -0.254 e. The maximum absolute atomic E-state index is 11.7. The van der Waals surface area contributed by atoms with Crippen molar-refractivity contribution in [1.82, 2.24) is 4.98 Å². The van der Waals surface area contributed by atoms with Gasteiger partial charge in [-0.2, -0.15) is 0 Å². The SMILES string of the molecule is FC(F)c1cc[c]nc1. The van der Waals surface area contributed by atoms with Gasteiger partial charge in [-0.3, -0.25) is 4.98 Å². The molecule has 1 nitrogen and oxygen atoms in total. The van der Waals surface area contributed by atoms with E-state index in [2.05, 4.69) is 11.2 Å². The average molecular weight is 128 g/mol. The van der Waals surface area contributed by atoms with Gasteiger partial charge in [0, 0.05) is 11.8 Å². The van der Waals surface area contributed by atoms with Crippen LogP contribution in [-0.4, -0.2) is 4.98 Å². The number of hydrogen-bond acceptors (Lipinski definition) is 1. The third kappa shape index (κ3) is 1.45. The van der Waals surface area contributed by atoms with Gasteiger partial charge in [0.1, 0.15) is 0 Å². The summed E-state index contributed by atoms with van der Waals surface area (Å²) in [6, 6.07) is 2.65. The molecule has 0 aliphatic heterocycles. The van der Waals surface area contributed by atoms with Gasteiger partial charge in [-0.1, -0.05) is 0 Å². The first kappa shape index (κ1) is 6.13. The molecule has 0 aliphatic rings. The minimum atomic E-state index is -2.42. The first-order valence-electron chi connectivity index (χ1n) is 2.41. The Balaban J connectivity index is 2.85. The van der Waals surface area contributed by atoms with Gasteiger partial charge in [-0.25, -0.2) is 8.78 Å². The van der Waals surface area contributed by atoms with Gasteiger partial charge < -0.3 is 0 Å². The normalized spacial score (nSPS) is 10.1. The number of aromatic nitrogens is 1. The first-order valence-corrected chi connectivity index (χ1v) is 2.41. The van der Waals surface area contributed by atoms with E-state index in [1.165, 1.54) is 12.1 Å². The van der Waals surface area contributed by atoms with E-state index in [4.69, 9.17) is 0 Å². The number of nitrogens with zero attached hydrogens (tertiary/aromatic N) is 1. The van der Waals surface area contributed by atoms with Crippen molar-refractivity contribution in [1.29, 1.82) is 0 Å². The Morgan fingerprint density at radius 3 is 2.67 bits per heavy atom. The van der Waals surface area contributed by atoms with Crippen LogP contribution in [0.2, 0.25) is 0 Å². The molecule has 3 heteroatoms. The van der Waals surface area contributed by atoms with Crippen molar-refractivity contribution in [2.75, 3.05) is 0 Å². The Morgan fingerprint density at radius 2 is 2.33 bits per heavy atom. The van der Waals surface area contributed by atoms with Crippen LogP contribution in [0.1, 0.15) is 12.0 Å². The van der Waals surface area contributed by atoms with Gasteiger partial charge in [0.15, 0.2) is 0 Å². The zero-order chi connectivity index (χ0) is 6.69. The van der Waals surface area contributed by atoms with Crippen molar-refractivity contribution in [2.45, 2.75) is 6.43 Å². The molecule has 1 heterocycles. The van der Waals surface area contributed by atoms with Gasteiger partial charge in [0.05, 0.1) is 6.20 Å². The second-order valence-electron chi connectivity index (χ2n) is 1.52. The highest BCUT2D eigenvalue weighted by Crippen LogP contribution is 2.15. The highest BCUT2D eigenvalue weighted by atomic mass is 19.3. The average Bonchev–Trinajstić information content (AvgIpc) is 1.90. The molecule has 0 saturated carbocycles. The monoisotopic (exact) mass is 128 g/mol. The number of halogens is 2. The smallest absolute Gasteiger partial charge is 0.254 e. The van der Waals surface area contributed by atoms with Crippen molar-refractivity contribution in [3.8, 4) is 0 Å². The summed E-state index contributed by atoms with van der Waals surface area (Å²) in [6.45, 7) is 0. The Kier molecular flexibility index (Phi) is 1.72. The summed E-state index contributed by atoms with van der Waals surface area (Å²) in [7, 11) is 0. The summed E-state index contributed by atoms with van der Waals surface area (Å²) in [5, 5.41) is 0. The van der Waals surface area contributed by atoms with E-state index in [0.717, 1.165) is 6.20 Å². The number of alkyl halides is 2. The molecule has 0 unspecified atom stereocenters. The zero-order valence-electron chi connectivity index (χ0n) is 4.51. The molecule has 0 saturated heterocycles. The summed E-state index contributed by atoms with van der Waals surface area (Å²) < 4.78 is 23.4. The van der Waals surface area contributed by atoms with Crippen molar-refractivity contribution in [3.05, 3.63) is 30.1 Å². The Morgan fingerprint density at radius 1 is 1.56 bits per heavy atom. The van der Waals surface area contributed by atoms with Crippen molar-refractivity contribution < 1.29 is 8.78 Å². The fraction of sp³-hybridized carbons (Fsp3) is 0.167. The largest absolute Gasteiger partial charge is 0.265 e. The van der Waals surface area contributed by atoms with Crippen LogP contribution in [-0.2, 0) is 0 Å². The number of pyridine rings is 1. The van der Waals surface area contributed by atoms with Crippen LogP contribution in [0.3, 0.4) is 0 Å². The van der Waals surface area contributed by atoms with Crippen LogP contribution in [0.5, 0.6) is 0 Å². The van der Waals surface area contributed by atoms with Gasteiger partial charge in [-0.05, 0) is 12.1 Å². The maximum Gasteiger partial charge on any atom is 0.265 e. The van der Waals surface area contributed by atoms with Gasteiger partial charge >= 0.3 is 0 Å². The van der Waals surface area contributed by atoms with E-state index < -0.39 is 6.43 Å². The summed E-state index contributed by atoms with van der Waals surface area (Å²) in [5.74, 6) is 0. The molecule has 1 aromatic rings. The molecule has 1 rings (SSSR count). The summed E-state index contributed by atoms with van der Waals surface area (Å²) in [6.07, 6.45) is 1.08. The van der Waals surface area contributed by atoms with Crippen LogP contribution in [0.15, 0.2) is 18.3 Å². The van der Waals surface area contributed by atoms with E-state index in [1.807, 2.05) is 0 Å². The molecule has 47 valence electrons. The Labute approximate surface area is 51.3 Å². The Hall–Kier alpha value is -0.990. The van der Waals surface area contributed by atoms with Crippen molar-refractivity contribution in [3.63, 3.8) is 0 Å². The van der Waals surface area contributed by atoms with Crippen LogP contribution < -0.4 is 0 Å². The first-order chi connectivity index (χ1) is 4.30. The van der Waals surface area contributed by atoms with Crippen molar-refractivity contribution in [2.24, 2.45) is 0 Å². The quantitative estimate of drug-likeness (QED) is 0.562. The lowest BCUT2D eigenvalue weighted by atomic mass is 10.3. The van der Waals surface area contributed by atoms with E-state index in [0.29, 0.717) is 0 Å². The molecule has 0 aromatic carbocycles. The topological polar surface area (TPSA) is 12.9 Å². The summed E-state index contributed by atoms with van der Waals surface area (Å²) >= 11 is 0. The molecule has 0 N–H and O–H groups in total. The predicted octanol–water partition coefficient (Wildman–Crippen LogP) is 1.82. The van der Waals surface area contributed by atoms with Gasteiger partial charge in [0.25, 0.3) is 6.43 Å². The third-order valence-corrected chi connectivity index (χ3v) is 0.890. The van der Waals surface area contributed by atoms with Gasteiger partial charge in [0.2, 0.25) is 0 Å². The highest BCUT2D eigenvalue weighted by Gasteiger charge is 2.03. The fourth-order valence-corrected chi connectivity index (χ4v) is 0.460. The predicted molar refractivity (Wildman–Crippen MR) is 28.0 cm³/mol. The maximum atomic E-state index is 11.7. The molecule has 9 heavy (non-hydrogen) atoms. The zero-order valence-corrected chi connectivity index (χ0v) is 4.51. The molecule has 1 aromatic heterocycles. The van der Waals surface area contributed by atoms with E-state index in [9.17, 15) is 8.78 Å². The van der Waals surface area contributed by atoms with Crippen LogP contribution >= 0.6 is 0 Å². The highest BCUT2D eigenvalue weighted by molar-refractivity contribution is 5.08. The summed E-state index contributed by atoms with van der Waals surface area (Å²) in [4.78, 5) is 3.40. The number of rotatable bonds is 1.